The highest BCUT2D eigenvalue weighted by Gasteiger charge is 2.33. The molecule has 1 aromatic carbocycles. The van der Waals surface area contributed by atoms with E-state index in [0.717, 1.165) is 30.8 Å². The van der Waals surface area contributed by atoms with E-state index in [0.29, 0.717) is 25.2 Å². The smallest absolute Gasteiger partial charge is 0.319 e. The summed E-state index contributed by atoms with van der Waals surface area (Å²) in [7, 11) is 0. The van der Waals surface area contributed by atoms with E-state index < -0.39 is 17.7 Å². The Bertz CT molecular complexity index is 845. The van der Waals surface area contributed by atoms with Crippen LogP contribution in [0.3, 0.4) is 0 Å². The van der Waals surface area contributed by atoms with Crippen molar-refractivity contribution in [1.29, 1.82) is 0 Å². The van der Waals surface area contributed by atoms with Crippen LogP contribution in [-0.2, 0) is 4.79 Å². The second kappa shape index (κ2) is 9.17. The zero-order valence-corrected chi connectivity index (χ0v) is 17.4. The van der Waals surface area contributed by atoms with Gasteiger partial charge in [0.15, 0.2) is 0 Å². The van der Waals surface area contributed by atoms with E-state index in [1.54, 1.807) is 17.1 Å². The van der Waals surface area contributed by atoms with Crippen molar-refractivity contribution in [3.05, 3.63) is 61.3 Å². The SMILES string of the molecule is C=C/C=C(\C=C)NC(=O)N[C@@H]1CCCN(c2ccc(N3CCC(C)(O)C3)cc2)C1=O. The molecule has 2 aliphatic heterocycles. The van der Waals surface area contributed by atoms with Crippen LogP contribution >= 0.6 is 0 Å². The summed E-state index contributed by atoms with van der Waals surface area (Å²) in [5.41, 5.74) is 1.69. The summed E-state index contributed by atoms with van der Waals surface area (Å²) in [5, 5.41) is 15.6. The van der Waals surface area contributed by atoms with Gasteiger partial charge in [-0.3, -0.25) is 4.79 Å². The van der Waals surface area contributed by atoms with Crippen molar-refractivity contribution in [2.75, 3.05) is 29.4 Å². The van der Waals surface area contributed by atoms with Crippen LogP contribution in [0.15, 0.2) is 61.3 Å². The van der Waals surface area contributed by atoms with E-state index in [9.17, 15) is 14.7 Å². The number of piperidine rings is 1. The maximum atomic E-state index is 13.0. The zero-order valence-electron chi connectivity index (χ0n) is 17.4. The van der Waals surface area contributed by atoms with Gasteiger partial charge in [-0.2, -0.15) is 0 Å². The number of urea groups is 1. The maximum Gasteiger partial charge on any atom is 0.319 e. The number of anilines is 2. The predicted molar refractivity (Wildman–Crippen MR) is 119 cm³/mol. The number of nitrogens with zero attached hydrogens (tertiary/aromatic N) is 2. The quantitative estimate of drug-likeness (QED) is 0.630. The van der Waals surface area contributed by atoms with Crippen molar-refractivity contribution in [2.24, 2.45) is 0 Å². The first-order valence-corrected chi connectivity index (χ1v) is 10.2. The van der Waals surface area contributed by atoms with E-state index in [1.807, 2.05) is 31.2 Å². The van der Waals surface area contributed by atoms with Gasteiger partial charge in [0.1, 0.15) is 6.04 Å². The molecule has 0 bridgehead atoms. The Morgan fingerprint density at radius 1 is 1.23 bits per heavy atom. The monoisotopic (exact) mass is 410 g/mol. The van der Waals surface area contributed by atoms with Crippen LogP contribution in [-0.4, -0.2) is 48.3 Å². The Morgan fingerprint density at radius 3 is 2.53 bits per heavy atom. The minimum absolute atomic E-state index is 0.124. The predicted octanol–water partition coefficient (Wildman–Crippen LogP) is 2.70. The molecular weight excluding hydrogens is 380 g/mol. The molecule has 160 valence electrons. The van der Waals surface area contributed by atoms with Crippen LogP contribution in [0, 0.1) is 0 Å². The molecule has 3 rings (SSSR count). The van der Waals surface area contributed by atoms with Crippen molar-refractivity contribution in [1.82, 2.24) is 10.6 Å². The topological polar surface area (TPSA) is 84.9 Å². The molecule has 1 unspecified atom stereocenters. The van der Waals surface area contributed by atoms with Crippen LogP contribution in [0.2, 0.25) is 0 Å². The first-order valence-electron chi connectivity index (χ1n) is 10.2. The second-order valence-electron chi connectivity index (χ2n) is 8.03. The Kier molecular flexibility index (Phi) is 6.62. The average Bonchev–Trinajstić information content (AvgIpc) is 3.09. The minimum atomic E-state index is -0.659. The molecule has 7 heteroatoms. The molecule has 0 spiro atoms. The minimum Gasteiger partial charge on any atom is -0.388 e. The van der Waals surface area contributed by atoms with E-state index in [2.05, 4.69) is 28.7 Å². The lowest BCUT2D eigenvalue weighted by Crippen LogP contribution is -2.54. The number of amides is 3. The summed E-state index contributed by atoms with van der Waals surface area (Å²) in [4.78, 5) is 29.1. The summed E-state index contributed by atoms with van der Waals surface area (Å²) < 4.78 is 0. The van der Waals surface area contributed by atoms with Crippen LogP contribution in [0.25, 0.3) is 0 Å². The summed E-state index contributed by atoms with van der Waals surface area (Å²) in [6.45, 7) is 11.1. The number of aliphatic hydroxyl groups is 1. The molecule has 7 nitrogen and oxygen atoms in total. The van der Waals surface area contributed by atoms with Gasteiger partial charge >= 0.3 is 6.03 Å². The number of hydrogen-bond acceptors (Lipinski definition) is 4. The van der Waals surface area contributed by atoms with Gasteiger partial charge in [-0.05, 0) is 62.6 Å². The third-order valence-corrected chi connectivity index (χ3v) is 5.50. The van der Waals surface area contributed by atoms with Crippen LogP contribution in [0.5, 0.6) is 0 Å². The summed E-state index contributed by atoms with van der Waals surface area (Å²) in [5.74, 6) is -0.124. The molecule has 2 saturated heterocycles. The third kappa shape index (κ3) is 5.10. The van der Waals surface area contributed by atoms with Crippen molar-refractivity contribution in [3.8, 4) is 0 Å². The molecule has 3 N–H and O–H groups in total. The first-order chi connectivity index (χ1) is 14.3. The van der Waals surface area contributed by atoms with Crippen LogP contribution < -0.4 is 20.4 Å². The van der Waals surface area contributed by atoms with Gasteiger partial charge in [-0.1, -0.05) is 19.2 Å². The molecule has 0 aliphatic carbocycles. The highest BCUT2D eigenvalue weighted by Crippen LogP contribution is 2.29. The number of rotatable bonds is 6. The first kappa shape index (κ1) is 21.6. The fourth-order valence-electron chi connectivity index (χ4n) is 3.89. The fourth-order valence-corrected chi connectivity index (χ4v) is 3.89. The van der Waals surface area contributed by atoms with Crippen molar-refractivity contribution < 1.29 is 14.7 Å². The molecule has 2 aliphatic rings. The van der Waals surface area contributed by atoms with Gasteiger partial charge in [0.2, 0.25) is 5.91 Å². The summed E-state index contributed by atoms with van der Waals surface area (Å²) in [6, 6.07) is 6.77. The standard InChI is InChI=1S/C23H30N4O3/c1-4-7-17(5-2)24-22(29)25-20-8-6-14-27(21(20)28)19-11-9-18(10-12-19)26-15-13-23(3,30)16-26/h4-5,7,9-12,20,30H,1-2,6,8,13-16H2,3H3,(H2,24,25,29)/b17-7+/t20-,23?/m1/s1. The molecule has 1 aromatic rings. The number of carbonyl (C=O) groups is 2. The molecule has 0 radical (unpaired) electrons. The van der Waals surface area contributed by atoms with Gasteiger partial charge < -0.3 is 25.5 Å². The second-order valence-corrected chi connectivity index (χ2v) is 8.03. The zero-order chi connectivity index (χ0) is 21.7. The van der Waals surface area contributed by atoms with Gasteiger partial charge in [-0.25, -0.2) is 4.79 Å². The largest absolute Gasteiger partial charge is 0.388 e. The van der Waals surface area contributed by atoms with Crippen molar-refractivity contribution >= 4 is 23.3 Å². The summed E-state index contributed by atoms with van der Waals surface area (Å²) >= 11 is 0. The van der Waals surface area contributed by atoms with E-state index in [4.69, 9.17) is 0 Å². The Labute approximate surface area is 177 Å². The Morgan fingerprint density at radius 2 is 1.93 bits per heavy atom. The number of benzene rings is 1. The molecular formula is C23H30N4O3. The van der Waals surface area contributed by atoms with Crippen LogP contribution in [0.4, 0.5) is 16.2 Å². The Balaban J connectivity index is 1.63. The lowest BCUT2D eigenvalue weighted by Gasteiger charge is -2.33. The number of carbonyl (C=O) groups excluding carboxylic acids is 2. The number of β-amino-alcohol motifs (C(OH)–C–C–N with tert-alkyl or cyclic N) is 1. The molecule has 0 saturated carbocycles. The molecule has 0 aromatic heterocycles. The van der Waals surface area contributed by atoms with Crippen LogP contribution in [0.1, 0.15) is 26.2 Å². The number of hydrogen-bond donors (Lipinski definition) is 3. The highest BCUT2D eigenvalue weighted by molar-refractivity contribution is 6.00. The number of allylic oxidation sites excluding steroid dienone is 3. The third-order valence-electron chi connectivity index (χ3n) is 5.50. The average molecular weight is 411 g/mol. The van der Waals surface area contributed by atoms with Gasteiger partial charge in [0.05, 0.1) is 5.60 Å². The van der Waals surface area contributed by atoms with E-state index >= 15 is 0 Å². The normalized spacial score (nSPS) is 24.5. The lowest BCUT2D eigenvalue weighted by atomic mass is 10.0. The maximum absolute atomic E-state index is 13.0. The van der Waals surface area contributed by atoms with Crippen molar-refractivity contribution in [2.45, 2.75) is 37.8 Å². The molecule has 2 atom stereocenters. The summed E-state index contributed by atoms with van der Waals surface area (Å²) in [6.07, 6.45) is 6.82. The lowest BCUT2D eigenvalue weighted by molar-refractivity contribution is -0.121. The van der Waals surface area contributed by atoms with Gasteiger partial charge in [-0.15, -0.1) is 0 Å². The van der Waals surface area contributed by atoms with Gasteiger partial charge in [0.25, 0.3) is 0 Å². The van der Waals surface area contributed by atoms with E-state index in [1.165, 1.54) is 6.08 Å². The highest BCUT2D eigenvalue weighted by atomic mass is 16.3. The van der Waals surface area contributed by atoms with Gasteiger partial charge in [0, 0.05) is 36.7 Å². The van der Waals surface area contributed by atoms with E-state index in [-0.39, 0.29) is 5.91 Å². The molecule has 2 heterocycles. The molecule has 3 amide bonds. The fraction of sp³-hybridized carbons (Fsp3) is 0.391. The Hall–Kier alpha value is -3.06. The van der Waals surface area contributed by atoms with Crippen molar-refractivity contribution in [3.63, 3.8) is 0 Å². The number of nitrogens with one attached hydrogen (secondary N) is 2. The molecule has 2 fully saturated rings. The molecule has 30 heavy (non-hydrogen) atoms.